The molecule has 0 aromatic heterocycles. The van der Waals surface area contributed by atoms with Gasteiger partial charge in [0, 0.05) is 31.8 Å². The average molecular weight is 158 g/mol. The maximum atomic E-state index is 8.70. The summed E-state index contributed by atoms with van der Waals surface area (Å²) in [7, 11) is 0. The number of nitrogens with zero attached hydrogens (tertiary/aromatic N) is 1. The normalized spacial score (nSPS) is 29.2. The molecule has 0 aromatic rings. The molecule has 1 heterocycles. The number of rotatable bonds is 3. The van der Waals surface area contributed by atoms with Gasteiger partial charge in [-0.25, -0.2) is 0 Å². The van der Waals surface area contributed by atoms with Crippen LogP contribution in [0.3, 0.4) is 0 Å². The minimum Gasteiger partial charge on any atom is -0.396 e. The minimum atomic E-state index is 0.285. The molecule has 1 aliphatic heterocycles. The molecule has 0 spiro atoms. The second-order valence-electron chi connectivity index (χ2n) is 3.40. The Morgan fingerprint density at radius 2 is 2.45 bits per heavy atom. The molecule has 3 nitrogen and oxygen atoms in total. The standard InChI is InChI=1S/C8H18N2O/c1-7(3-5-11)10-4-2-8(9)6-10/h7-8,11H,2-6,9H2,1H3. The molecule has 0 bridgehead atoms. The van der Waals surface area contributed by atoms with Crippen molar-refractivity contribution in [3.8, 4) is 0 Å². The molecule has 0 radical (unpaired) electrons. The molecular formula is C8H18N2O. The topological polar surface area (TPSA) is 49.5 Å². The second kappa shape index (κ2) is 4.04. The molecule has 0 saturated carbocycles. The Kier molecular flexibility index (Phi) is 3.30. The number of nitrogens with two attached hydrogens (primary N) is 1. The molecular weight excluding hydrogens is 140 g/mol. The van der Waals surface area contributed by atoms with Crippen LogP contribution in [-0.2, 0) is 0 Å². The quantitative estimate of drug-likeness (QED) is 0.597. The Morgan fingerprint density at radius 3 is 2.91 bits per heavy atom. The largest absolute Gasteiger partial charge is 0.396 e. The highest BCUT2D eigenvalue weighted by Gasteiger charge is 2.22. The van der Waals surface area contributed by atoms with Gasteiger partial charge in [-0.05, 0) is 19.8 Å². The zero-order chi connectivity index (χ0) is 8.27. The first-order chi connectivity index (χ1) is 5.24. The summed E-state index contributed by atoms with van der Waals surface area (Å²) in [5.41, 5.74) is 5.75. The highest BCUT2D eigenvalue weighted by molar-refractivity contribution is 4.81. The highest BCUT2D eigenvalue weighted by Crippen LogP contribution is 2.12. The first-order valence-electron chi connectivity index (χ1n) is 4.34. The smallest absolute Gasteiger partial charge is 0.0445 e. The molecule has 2 unspecified atom stereocenters. The van der Waals surface area contributed by atoms with Gasteiger partial charge in [0.2, 0.25) is 0 Å². The van der Waals surface area contributed by atoms with Crippen molar-refractivity contribution in [2.24, 2.45) is 5.73 Å². The number of hydrogen-bond acceptors (Lipinski definition) is 3. The van der Waals surface area contributed by atoms with Crippen LogP contribution in [0.4, 0.5) is 0 Å². The van der Waals surface area contributed by atoms with Crippen molar-refractivity contribution in [2.75, 3.05) is 19.7 Å². The summed E-state index contributed by atoms with van der Waals surface area (Å²) in [6.45, 7) is 4.53. The third-order valence-electron chi connectivity index (χ3n) is 2.43. The van der Waals surface area contributed by atoms with E-state index in [1.165, 1.54) is 0 Å². The maximum Gasteiger partial charge on any atom is 0.0445 e. The molecule has 1 saturated heterocycles. The van der Waals surface area contributed by atoms with Crippen LogP contribution in [0.2, 0.25) is 0 Å². The number of aliphatic hydroxyl groups excluding tert-OH is 1. The fourth-order valence-corrected chi connectivity index (χ4v) is 1.59. The predicted octanol–water partition coefficient (Wildman–Crippen LogP) is -0.210. The summed E-state index contributed by atoms with van der Waals surface area (Å²) in [5.74, 6) is 0. The van der Waals surface area contributed by atoms with Crippen molar-refractivity contribution in [1.82, 2.24) is 4.90 Å². The van der Waals surface area contributed by atoms with Gasteiger partial charge in [0.05, 0.1) is 0 Å². The molecule has 1 rings (SSSR count). The first kappa shape index (κ1) is 8.97. The van der Waals surface area contributed by atoms with Gasteiger partial charge in [0.15, 0.2) is 0 Å². The Morgan fingerprint density at radius 1 is 1.73 bits per heavy atom. The average Bonchev–Trinajstić information content (AvgIpc) is 2.36. The summed E-state index contributed by atoms with van der Waals surface area (Å²) >= 11 is 0. The van der Waals surface area contributed by atoms with Gasteiger partial charge in [-0.3, -0.25) is 4.90 Å². The van der Waals surface area contributed by atoms with Crippen LogP contribution in [0.5, 0.6) is 0 Å². The second-order valence-corrected chi connectivity index (χ2v) is 3.40. The van der Waals surface area contributed by atoms with E-state index in [1.54, 1.807) is 0 Å². The van der Waals surface area contributed by atoms with Gasteiger partial charge in [0.1, 0.15) is 0 Å². The van der Waals surface area contributed by atoms with Crippen LogP contribution in [0.1, 0.15) is 19.8 Å². The molecule has 66 valence electrons. The van der Waals surface area contributed by atoms with Crippen LogP contribution in [0.25, 0.3) is 0 Å². The van der Waals surface area contributed by atoms with Gasteiger partial charge >= 0.3 is 0 Å². The van der Waals surface area contributed by atoms with E-state index in [4.69, 9.17) is 10.8 Å². The number of aliphatic hydroxyl groups is 1. The lowest BCUT2D eigenvalue weighted by atomic mass is 10.2. The van der Waals surface area contributed by atoms with E-state index in [0.717, 1.165) is 25.9 Å². The molecule has 1 fully saturated rings. The van der Waals surface area contributed by atoms with Crippen LogP contribution >= 0.6 is 0 Å². The summed E-state index contributed by atoms with van der Waals surface area (Å²) in [5, 5.41) is 8.70. The SMILES string of the molecule is CC(CCO)N1CCC(N)C1. The minimum absolute atomic E-state index is 0.285. The monoisotopic (exact) mass is 158 g/mol. The third kappa shape index (κ3) is 2.43. The molecule has 2 atom stereocenters. The Hall–Kier alpha value is -0.120. The van der Waals surface area contributed by atoms with Gasteiger partial charge < -0.3 is 10.8 Å². The lowest BCUT2D eigenvalue weighted by Crippen LogP contribution is -2.34. The number of likely N-dealkylation sites (tertiary alicyclic amines) is 1. The van der Waals surface area contributed by atoms with Gasteiger partial charge in [-0.2, -0.15) is 0 Å². The Balaban J connectivity index is 2.25. The van der Waals surface area contributed by atoms with Crippen LogP contribution < -0.4 is 5.73 Å². The van der Waals surface area contributed by atoms with Crippen molar-refractivity contribution >= 4 is 0 Å². The lowest BCUT2D eigenvalue weighted by Gasteiger charge is -2.22. The lowest BCUT2D eigenvalue weighted by molar-refractivity contribution is 0.194. The molecule has 0 amide bonds. The van der Waals surface area contributed by atoms with E-state index in [9.17, 15) is 0 Å². The molecule has 0 aromatic carbocycles. The summed E-state index contributed by atoms with van der Waals surface area (Å²) < 4.78 is 0. The van der Waals surface area contributed by atoms with E-state index in [0.29, 0.717) is 12.1 Å². The first-order valence-corrected chi connectivity index (χ1v) is 4.34. The van der Waals surface area contributed by atoms with Crippen LogP contribution in [-0.4, -0.2) is 41.8 Å². The maximum absolute atomic E-state index is 8.70. The third-order valence-corrected chi connectivity index (χ3v) is 2.43. The predicted molar refractivity (Wildman–Crippen MR) is 45.3 cm³/mol. The van der Waals surface area contributed by atoms with E-state index >= 15 is 0 Å². The fraction of sp³-hybridized carbons (Fsp3) is 1.00. The van der Waals surface area contributed by atoms with E-state index < -0.39 is 0 Å². The highest BCUT2D eigenvalue weighted by atomic mass is 16.3. The Bertz CT molecular complexity index is 119. The molecule has 1 aliphatic rings. The van der Waals surface area contributed by atoms with E-state index in [1.807, 2.05) is 0 Å². The summed E-state index contributed by atoms with van der Waals surface area (Å²) in [6.07, 6.45) is 1.97. The molecule has 11 heavy (non-hydrogen) atoms. The van der Waals surface area contributed by atoms with Gasteiger partial charge in [0.25, 0.3) is 0 Å². The summed E-state index contributed by atoms with van der Waals surface area (Å²) in [4.78, 5) is 2.35. The van der Waals surface area contributed by atoms with Crippen LogP contribution in [0, 0.1) is 0 Å². The van der Waals surface area contributed by atoms with Crippen LogP contribution in [0.15, 0.2) is 0 Å². The van der Waals surface area contributed by atoms with E-state index in [2.05, 4.69) is 11.8 Å². The molecule has 3 N–H and O–H groups in total. The zero-order valence-electron chi connectivity index (χ0n) is 7.16. The van der Waals surface area contributed by atoms with Gasteiger partial charge in [-0.15, -0.1) is 0 Å². The van der Waals surface area contributed by atoms with E-state index in [-0.39, 0.29) is 6.61 Å². The van der Waals surface area contributed by atoms with Crippen molar-refractivity contribution < 1.29 is 5.11 Å². The van der Waals surface area contributed by atoms with Gasteiger partial charge in [-0.1, -0.05) is 0 Å². The van der Waals surface area contributed by atoms with Crippen molar-refractivity contribution in [2.45, 2.75) is 31.8 Å². The van der Waals surface area contributed by atoms with Crippen molar-refractivity contribution in [1.29, 1.82) is 0 Å². The number of hydrogen-bond donors (Lipinski definition) is 2. The molecule has 3 heteroatoms. The molecule has 0 aliphatic carbocycles. The fourth-order valence-electron chi connectivity index (χ4n) is 1.59. The summed E-state index contributed by atoms with van der Waals surface area (Å²) in [6, 6.07) is 0.852. The Labute approximate surface area is 68.2 Å². The van der Waals surface area contributed by atoms with Crippen molar-refractivity contribution in [3.05, 3.63) is 0 Å². The zero-order valence-corrected chi connectivity index (χ0v) is 7.16. The van der Waals surface area contributed by atoms with Crippen molar-refractivity contribution in [3.63, 3.8) is 0 Å².